The lowest BCUT2D eigenvalue weighted by atomic mass is 9.96. The average Bonchev–Trinajstić information content (AvgIpc) is 2.92. The largest absolute Gasteiger partial charge is 0.481 e. The highest BCUT2D eigenvalue weighted by molar-refractivity contribution is 8.26. The molecule has 0 atom stereocenters. The molecule has 1 saturated heterocycles. The number of thiocarbonyl (C=S) groups is 1. The summed E-state index contributed by atoms with van der Waals surface area (Å²) in [5.74, 6) is -1.18. The molecule has 1 aliphatic rings. The molecule has 1 amide bonds. The first-order valence-electron chi connectivity index (χ1n) is 8.42. The fraction of sp³-hybridized carbons (Fsp3) is 0.0952. The number of nitrogens with zero attached hydrogens (tertiary/aromatic N) is 1. The van der Waals surface area contributed by atoms with E-state index in [0.29, 0.717) is 9.23 Å². The minimum Gasteiger partial charge on any atom is -0.481 e. The quantitative estimate of drug-likeness (QED) is 0.397. The highest BCUT2D eigenvalue weighted by atomic mass is 32.2. The summed E-state index contributed by atoms with van der Waals surface area (Å²) in [6, 6.07) is 18.3. The number of fused-ring (bicyclic) bond motifs is 2. The minimum absolute atomic E-state index is 0.0909. The number of hydrogen-bond donors (Lipinski definition) is 1. The maximum Gasteiger partial charge on any atom is 0.305 e. The van der Waals surface area contributed by atoms with Crippen molar-refractivity contribution >= 4 is 67.8 Å². The third-order valence-corrected chi connectivity index (χ3v) is 5.89. The van der Waals surface area contributed by atoms with E-state index in [1.807, 2.05) is 42.5 Å². The normalized spacial score (nSPS) is 16.0. The molecule has 1 fully saturated rings. The number of carbonyl (C=O) groups is 2. The van der Waals surface area contributed by atoms with Crippen LogP contribution in [0.15, 0.2) is 59.5 Å². The Kier molecular flexibility index (Phi) is 4.68. The maximum absolute atomic E-state index is 12.8. The second kappa shape index (κ2) is 7.13. The van der Waals surface area contributed by atoms with Crippen LogP contribution >= 0.6 is 24.0 Å². The number of hydrogen-bond acceptors (Lipinski definition) is 4. The van der Waals surface area contributed by atoms with Gasteiger partial charge in [-0.15, -0.1) is 0 Å². The van der Waals surface area contributed by atoms with E-state index in [4.69, 9.17) is 17.3 Å². The van der Waals surface area contributed by atoms with Gasteiger partial charge in [-0.25, -0.2) is 0 Å². The molecular formula is C21H15NO3S2. The van der Waals surface area contributed by atoms with Crippen LogP contribution in [0.3, 0.4) is 0 Å². The second-order valence-corrected chi connectivity index (χ2v) is 7.89. The molecule has 1 aliphatic heterocycles. The van der Waals surface area contributed by atoms with Gasteiger partial charge in [-0.05, 0) is 39.3 Å². The number of rotatable bonds is 4. The Morgan fingerprint density at radius 1 is 1.07 bits per heavy atom. The molecule has 1 N–H and O–H groups in total. The van der Waals surface area contributed by atoms with E-state index in [0.717, 1.165) is 27.1 Å². The zero-order chi connectivity index (χ0) is 19.0. The van der Waals surface area contributed by atoms with E-state index in [1.54, 1.807) is 0 Å². The van der Waals surface area contributed by atoms with E-state index in [2.05, 4.69) is 18.2 Å². The van der Waals surface area contributed by atoms with Crippen LogP contribution in [-0.4, -0.2) is 32.7 Å². The van der Waals surface area contributed by atoms with Crippen LogP contribution in [0, 0.1) is 0 Å². The molecule has 4 nitrogen and oxygen atoms in total. The van der Waals surface area contributed by atoms with Crippen LogP contribution < -0.4 is 0 Å². The van der Waals surface area contributed by atoms with Crippen molar-refractivity contribution in [2.24, 2.45) is 0 Å². The third-order valence-electron chi connectivity index (χ3n) is 4.51. The Labute approximate surface area is 165 Å². The summed E-state index contributed by atoms with van der Waals surface area (Å²) in [6.45, 7) is 0.0909. The van der Waals surface area contributed by atoms with Gasteiger partial charge in [-0.1, -0.05) is 72.5 Å². The van der Waals surface area contributed by atoms with Crippen molar-refractivity contribution in [2.45, 2.75) is 6.42 Å². The second-order valence-electron chi connectivity index (χ2n) is 6.21. The van der Waals surface area contributed by atoms with Gasteiger partial charge in [0.25, 0.3) is 5.91 Å². The molecule has 134 valence electrons. The maximum atomic E-state index is 12.8. The summed E-state index contributed by atoms with van der Waals surface area (Å²) in [6.07, 6.45) is 1.75. The molecule has 4 rings (SSSR count). The monoisotopic (exact) mass is 393 g/mol. The first kappa shape index (κ1) is 17.7. The summed E-state index contributed by atoms with van der Waals surface area (Å²) in [4.78, 5) is 25.5. The number of benzene rings is 3. The van der Waals surface area contributed by atoms with E-state index in [1.165, 1.54) is 16.7 Å². The summed E-state index contributed by atoms with van der Waals surface area (Å²) in [5, 5.41) is 13.2. The van der Waals surface area contributed by atoms with Gasteiger partial charge in [-0.3, -0.25) is 14.5 Å². The van der Waals surface area contributed by atoms with Crippen molar-refractivity contribution in [1.29, 1.82) is 0 Å². The molecule has 0 spiro atoms. The van der Waals surface area contributed by atoms with Crippen LogP contribution in [0.1, 0.15) is 12.0 Å². The lowest BCUT2D eigenvalue weighted by molar-refractivity contribution is -0.137. The van der Waals surface area contributed by atoms with Crippen molar-refractivity contribution in [2.75, 3.05) is 6.54 Å². The van der Waals surface area contributed by atoms with Gasteiger partial charge in [0, 0.05) is 6.54 Å². The smallest absolute Gasteiger partial charge is 0.305 e. The van der Waals surface area contributed by atoms with Gasteiger partial charge >= 0.3 is 5.97 Å². The van der Waals surface area contributed by atoms with Crippen molar-refractivity contribution in [3.8, 4) is 0 Å². The van der Waals surface area contributed by atoms with Gasteiger partial charge in [0.2, 0.25) is 0 Å². The molecule has 6 heteroatoms. The van der Waals surface area contributed by atoms with E-state index >= 15 is 0 Å². The number of aliphatic carboxylic acids is 1. The summed E-state index contributed by atoms with van der Waals surface area (Å²) >= 11 is 6.51. The number of amides is 1. The molecule has 0 unspecified atom stereocenters. The lowest BCUT2D eigenvalue weighted by Crippen LogP contribution is -2.30. The molecule has 0 aromatic heterocycles. The van der Waals surface area contributed by atoms with Gasteiger partial charge in [0.1, 0.15) is 4.32 Å². The zero-order valence-electron chi connectivity index (χ0n) is 14.2. The van der Waals surface area contributed by atoms with Crippen LogP contribution in [-0.2, 0) is 9.59 Å². The Balaban J connectivity index is 1.83. The SMILES string of the molecule is O=C(O)CCN1C(=O)/C(=C/c2c3ccccc3cc3ccccc23)SC1=S. The van der Waals surface area contributed by atoms with E-state index in [9.17, 15) is 9.59 Å². The average molecular weight is 393 g/mol. The van der Waals surface area contributed by atoms with Crippen LogP contribution in [0.4, 0.5) is 0 Å². The molecular weight excluding hydrogens is 378 g/mol. The number of carboxylic acids is 1. The number of thioether (sulfide) groups is 1. The lowest BCUT2D eigenvalue weighted by Gasteiger charge is -2.12. The van der Waals surface area contributed by atoms with Crippen molar-refractivity contribution < 1.29 is 14.7 Å². The predicted molar refractivity (Wildman–Crippen MR) is 114 cm³/mol. The topological polar surface area (TPSA) is 57.6 Å². The number of carbonyl (C=O) groups excluding carboxylic acids is 1. The Morgan fingerprint density at radius 3 is 2.26 bits per heavy atom. The summed E-state index contributed by atoms with van der Waals surface area (Å²) < 4.78 is 0.400. The highest BCUT2D eigenvalue weighted by Crippen LogP contribution is 2.36. The molecule has 3 aromatic carbocycles. The molecule has 3 aromatic rings. The summed E-state index contributed by atoms with van der Waals surface area (Å²) in [7, 11) is 0. The molecule has 0 aliphatic carbocycles. The molecule has 0 bridgehead atoms. The van der Waals surface area contributed by atoms with E-state index < -0.39 is 5.97 Å². The molecule has 0 radical (unpaired) electrons. The van der Waals surface area contributed by atoms with Crippen LogP contribution in [0.5, 0.6) is 0 Å². The van der Waals surface area contributed by atoms with Gasteiger partial charge < -0.3 is 5.11 Å². The Morgan fingerprint density at radius 2 is 1.67 bits per heavy atom. The first-order valence-corrected chi connectivity index (χ1v) is 9.65. The zero-order valence-corrected chi connectivity index (χ0v) is 15.8. The van der Waals surface area contributed by atoms with Crippen LogP contribution in [0.25, 0.3) is 27.6 Å². The first-order chi connectivity index (χ1) is 13.0. The van der Waals surface area contributed by atoms with Crippen molar-refractivity contribution in [1.82, 2.24) is 4.90 Å². The Hall–Kier alpha value is -2.70. The van der Waals surface area contributed by atoms with Crippen molar-refractivity contribution in [3.63, 3.8) is 0 Å². The van der Waals surface area contributed by atoms with Gasteiger partial charge in [0.05, 0.1) is 11.3 Å². The van der Waals surface area contributed by atoms with E-state index in [-0.39, 0.29) is 18.9 Å². The molecule has 0 saturated carbocycles. The third kappa shape index (κ3) is 3.34. The fourth-order valence-electron chi connectivity index (χ4n) is 3.24. The van der Waals surface area contributed by atoms with Gasteiger partial charge in [-0.2, -0.15) is 0 Å². The fourth-order valence-corrected chi connectivity index (χ4v) is 4.53. The summed E-state index contributed by atoms with van der Waals surface area (Å²) in [5.41, 5.74) is 0.974. The predicted octanol–water partition coefficient (Wildman–Crippen LogP) is 4.67. The Bertz CT molecular complexity index is 1080. The standard InChI is InChI=1S/C21H15NO3S2/c23-19(24)9-10-22-20(25)18(27-21(22)26)12-17-15-7-3-1-5-13(15)11-14-6-2-4-8-16(14)17/h1-8,11-12H,9-10H2,(H,23,24)/b18-12-. The molecule has 1 heterocycles. The molecule has 27 heavy (non-hydrogen) atoms. The highest BCUT2D eigenvalue weighted by Gasteiger charge is 2.32. The van der Waals surface area contributed by atoms with Gasteiger partial charge in [0.15, 0.2) is 0 Å². The van der Waals surface area contributed by atoms with Crippen molar-refractivity contribution in [3.05, 3.63) is 65.1 Å². The minimum atomic E-state index is -0.951. The number of carboxylic acid groups (broad SMARTS) is 1. The van der Waals surface area contributed by atoms with Crippen LogP contribution in [0.2, 0.25) is 0 Å².